The predicted octanol–water partition coefficient (Wildman–Crippen LogP) is 2.80. The van der Waals surface area contributed by atoms with Crippen LogP contribution in [0.15, 0.2) is 10.6 Å². The van der Waals surface area contributed by atoms with Gasteiger partial charge in [0, 0.05) is 25.2 Å². The lowest BCUT2D eigenvalue weighted by Gasteiger charge is -2.22. The number of aryl methyl sites for hydroxylation is 3. The molecule has 9 heteroatoms. The molecule has 1 aliphatic rings. The average molecular weight is 362 g/mol. The molecule has 25 heavy (non-hydrogen) atoms. The van der Waals surface area contributed by atoms with Crippen molar-refractivity contribution in [3.63, 3.8) is 0 Å². The smallest absolute Gasteiger partial charge is 0.167 e. The summed E-state index contributed by atoms with van der Waals surface area (Å²) in [5.41, 5.74) is 2.43. The topological polar surface area (TPSA) is 88.7 Å². The van der Waals surface area contributed by atoms with Gasteiger partial charge in [-0.15, -0.1) is 0 Å². The molecule has 0 radical (unpaired) electrons. The molecule has 1 saturated heterocycles. The largest absolute Gasteiger partial charge is 0.361 e. The third-order valence-corrected chi connectivity index (χ3v) is 5.05. The van der Waals surface area contributed by atoms with E-state index >= 15 is 0 Å². The van der Waals surface area contributed by atoms with Crippen LogP contribution >= 0.6 is 11.6 Å². The number of nitrogens with one attached hydrogen (secondary N) is 1. The number of aromatic nitrogens is 6. The van der Waals surface area contributed by atoms with Gasteiger partial charge in [0.25, 0.3) is 0 Å². The lowest BCUT2D eigenvalue weighted by atomic mass is 10.1. The van der Waals surface area contributed by atoms with Gasteiger partial charge in [-0.2, -0.15) is 10.2 Å². The third-order valence-electron chi connectivity index (χ3n) is 4.58. The monoisotopic (exact) mass is 361 g/mol. The van der Waals surface area contributed by atoms with Crippen LogP contribution in [0.2, 0.25) is 5.15 Å². The highest BCUT2D eigenvalue weighted by atomic mass is 35.5. The van der Waals surface area contributed by atoms with Crippen molar-refractivity contribution in [1.82, 2.24) is 35.0 Å². The molecule has 4 heterocycles. The van der Waals surface area contributed by atoms with Crippen LogP contribution < -0.4 is 0 Å². The van der Waals surface area contributed by atoms with Crippen LogP contribution in [-0.4, -0.2) is 41.6 Å². The van der Waals surface area contributed by atoms with E-state index in [0.717, 1.165) is 48.1 Å². The molecule has 1 atom stereocenters. The zero-order valence-corrected chi connectivity index (χ0v) is 15.2. The fraction of sp³-hybridized carbons (Fsp3) is 0.500. The minimum atomic E-state index is 0.188. The molecule has 132 valence electrons. The Morgan fingerprint density at radius 1 is 1.40 bits per heavy atom. The molecule has 3 aromatic heterocycles. The van der Waals surface area contributed by atoms with Gasteiger partial charge in [0.15, 0.2) is 5.82 Å². The lowest BCUT2D eigenvalue weighted by Crippen LogP contribution is -2.24. The highest BCUT2D eigenvalue weighted by Gasteiger charge is 2.31. The number of hydrogen-bond donors (Lipinski definition) is 1. The van der Waals surface area contributed by atoms with Crippen molar-refractivity contribution in [3.05, 3.63) is 34.2 Å². The Morgan fingerprint density at radius 3 is 2.92 bits per heavy atom. The Labute approximate surface area is 150 Å². The van der Waals surface area contributed by atoms with Crippen molar-refractivity contribution in [1.29, 1.82) is 0 Å². The van der Waals surface area contributed by atoms with E-state index in [9.17, 15) is 0 Å². The highest BCUT2D eigenvalue weighted by Crippen LogP contribution is 2.35. The molecule has 0 spiro atoms. The summed E-state index contributed by atoms with van der Waals surface area (Å²) in [6.07, 6.45) is 2.14. The van der Waals surface area contributed by atoms with Gasteiger partial charge in [0.1, 0.15) is 28.1 Å². The summed E-state index contributed by atoms with van der Waals surface area (Å²) in [5.74, 6) is 2.42. The number of hydrogen-bond acceptors (Lipinski definition) is 6. The van der Waals surface area contributed by atoms with E-state index in [2.05, 4.69) is 30.3 Å². The number of H-pyrrole nitrogens is 1. The number of rotatable bonds is 4. The summed E-state index contributed by atoms with van der Waals surface area (Å²) in [6, 6.07) is 2.07. The number of nitrogens with zero attached hydrogens (tertiary/aromatic N) is 6. The second kappa shape index (κ2) is 6.27. The van der Waals surface area contributed by atoms with Crippen LogP contribution in [0.5, 0.6) is 0 Å². The Bertz CT molecular complexity index is 896. The van der Waals surface area contributed by atoms with Gasteiger partial charge in [0.2, 0.25) is 0 Å². The molecule has 0 bridgehead atoms. The van der Waals surface area contributed by atoms with Crippen molar-refractivity contribution in [3.8, 4) is 11.4 Å². The van der Waals surface area contributed by atoms with Crippen LogP contribution in [-0.2, 0) is 13.6 Å². The Kier molecular flexibility index (Phi) is 4.09. The minimum absolute atomic E-state index is 0.188. The molecule has 0 aliphatic carbocycles. The van der Waals surface area contributed by atoms with Crippen molar-refractivity contribution in [2.24, 2.45) is 7.05 Å². The van der Waals surface area contributed by atoms with E-state index in [4.69, 9.17) is 16.1 Å². The third kappa shape index (κ3) is 2.96. The number of aromatic amines is 1. The van der Waals surface area contributed by atoms with Crippen LogP contribution in [0.25, 0.3) is 11.4 Å². The summed E-state index contributed by atoms with van der Waals surface area (Å²) in [7, 11) is 1.84. The van der Waals surface area contributed by atoms with Gasteiger partial charge >= 0.3 is 0 Å². The molecule has 1 aliphatic heterocycles. The molecule has 0 amide bonds. The Morgan fingerprint density at radius 2 is 2.24 bits per heavy atom. The Hall–Kier alpha value is -2.19. The molecule has 0 aromatic carbocycles. The van der Waals surface area contributed by atoms with E-state index in [1.807, 2.05) is 27.0 Å². The van der Waals surface area contributed by atoms with Crippen molar-refractivity contribution in [2.45, 2.75) is 39.3 Å². The second-order valence-corrected chi connectivity index (χ2v) is 6.83. The maximum Gasteiger partial charge on any atom is 0.167 e. The molecule has 3 aromatic rings. The van der Waals surface area contributed by atoms with Crippen LogP contribution in [0.4, 0.5) is 0 Å². The molecular formula is C16H20ClN7O. The fourth-order valence-electron chi connectivity index (χ4n) is 3.39. The molecule has 1 N–H and O–H groups in total. The van der Waals surface area contributed by atoms with Crippen LogP contribution in [0.3, 0.4) is 0 Å². The van der Waals surface area contributed by atoms with Gasteiger partial charge in [-0.05, 0) is 33.2 Å². The van der Waals surface area contributed by atoms with Gasteiger partial charge in [0.05, 0.1) is 6.04 Å². The van der Waals surface area contributed by atoms with Crippen molar-refractivity contribution >= 4 is 11.6 Å². The first-order chi connectivity index (χ1) is 12.0. The zero-order chi connectivity index (χ0) is 17.6. The summed E-state index contributed by atoms with van der Waals surface area (Å²) in [6.45, 7) is 5.43. The summed E-state index contributed by atoms with van der Waals surface area (Å²) < 4.78 is 6.88. The summed E-state index contributed by atoms with van der Waals surface area (Å²) in [4.78, 5) is 6.86. The lowest BCUT2D eigenvalue weighted by molar-refractivity contribution is 0.240. The van der Waals surface area contributed by atoms with E-state index in [1.54, 1.807) is 4.68 Å². The standard InChI is InChI=1S/C16H20ClN7O/c1-9-7-12(22-25-9)14-11(15(17)23(3)21-14)8-24-6-4-5-13(24)16-18-10(2)19-20-16/h7,13H,4-6,8H2,1-3H3,(H,18,19,20). The van der Waals surface area contributed by atoms with Crippen LogP contribution in [0.1, 0.15) is 41.9 Å². The fourth-order valence-corrected chi connectivity index (χ4v) is 3.58. The quantitative estimate of drug-likeness (QED) is 0.768. The molecule has 8 nitrogen and oxygen atoms in total. The van der Waals surface area contributed by atoms with Crippen molar-refractivity contribution < 1.29 is 4.52 Å². The van der Waals surface area contributed by atoms with E-state index in [-0.39, 0.29) is 6.04 Å². The molecule has 1 unspecified atom stereocenters. The number of likely N-dealkylation sites (tertiary alicyclic amines) is 1. The minimum Gasteiger partial charge on any atom is -0.361 e. The van der Waals surface area contributed by atoms with Gasteiger partial charge in [-0.1, -0.05) is 16.8 Å². The van der Waals surface area contributed by atoms with Crippen LogP contribution in [0, 0.1) is 13.8 Å². The maximum atomic E-state index is 6.52. The van der Waals surface area contributed by atoms with E-state index in [0.29, 0.717) is 17.4 Å². The first-order valence-corrected chi connectivity index (χ1v) is 8.68. The Balaban J connectivity index is 1.66. The van der Waals surface area contributed by atoms with E-state index < -0.39 is 0 Å². The maximum absolute atomic E-state index is 6.52. The molecular weight excluding hydrogens is 342 g/mol. The van der Waals surface area contributed by atoms with Gasteiger partial charge in [-0.25, -0.2) is 4.98 Å². The first-order valence-electron chi connectivity index (χ1n) is 8.31. The van der Waals surface area contributed by atoms with Crippen molar-refractivity contribution in [2.75, 3.05) is 6.54 Å². The van der Waals surface area contributed by atoms with Gasteiger partial charge < -0.3 is 4.52 Å². The summed E-state index contributed by atoms with van der Waals surface area (Å²) in [5, 5.41) is 16.5. The SMILES string of the molecule is Cc1nc(C2CCCN2Cc2c(-c3cc(C)on3)nn(C)c2Cl)n[nH]1. The first kappa shape index (κ1) is 16.3. The molecule has 0 saturated carbocycles. The van der Waals surface area contributed by atoms with E-state index in [1.165, 1.54) is 0 Å². The normalized spacial score (nSPS) is 18.3. The molecule has 4 rings (SSSR count). The highest BCUT2D eigenvalue weighted by molar-refractivity contribution is 6.30. The summed E-state index contributed by atoms with van der Waals surface area (Å²) >= 11 is 6.52. The number of halogens is 1. The zero-order valence-electron chi connectivity index (χ0n) is 14.5. The van der Waals surface area contributed by atoms with Gasteiger partial charge in [-0.3, -0.25) is 14.7 Å². The predicted molar refractivity (Wildman–Crippen MR) is 92.0 cm³/mol. The second-order valence-electron chi connectivity index (χ2n) is 6.47. The molecule has 1 fully saturated rings. The average Bonchev–Trinajstić information content (AvgIpc) is 3.33.